The highest BCUT2D eigenvalue weighted by Crippen LogP contribution is 2.15. The number of halogens is 2. The van der Waals surface area contributed by atoms with Crippen LogP contribution in [0.2, 0.25) is 0 Å². The number of nitrogens with zero attached hydrogens (tertiary/aromatic N) is 1. The van der Waals surface area contributed by atoms with Crippen molar-refractivity contribution in [1.82, 2.24) is 4.90 Å². The first-order chi connectivity index (χ1) is 4.33. The first-order valence-corrected chi connectivity index (χ1v) is 4.17. The molecule has 1 rings (SSSR count). The molecule has 9 heavy (non-hydrogen) atoms. The molecule has 0 amide bonds. The summed E-state index contributed by atoms with van der Waals surface area (Å²) < 4.78 is 11.6. The summed E-state index contributed by atoms with van der Waals surface area (Å²) in [5, 5.41) is 0. The van der Waals surface area contributed by atoms with E-state index in [0.29, 0.717) is 11.2 Å². The Labute approximate surface area is 63.4 Å². The predicted octanol–water partition coefficient (Wildman–Crippen LogP) is 1.43. The monoisotopic (exact) mass is 195 g/mol. The molecule has 0 atom stereocenters. The fourth-order valence-electron chi connectivity index (χ4n) is 0.973. The van der Waals surface area contributed by atoms with Crippen LogP contribution in [0.1, 0.15) is 6.42 Å². The SMILES string of the molecule is FCCCN1CC(Br)C1. The molecule has 1 aliphatic rings. The van der Waals surface area contributed by atoms with Gasteiger partial charge in [-0.3, -0.25) is 4.39 Å². The van der Waals surface area contributed by atoms with Crippen LogP contribution in [-0.4, -0.2) is 36.0 Å². The molecule has 0 aromatic carbocycles. The predicted molar refractivity (Wildman–Crippen MR) is 39.7 cm³/mol. The van der Waals surface area contributed by atoms with Crippen molar-refractivity contribution in [2.24, 2.45) is 0 Å². The summed E-state index contributed by atoms with van der Waals surface area (Å²) in [6.45, 7) is 2.95. The van der Waals surface area contributed by atoms with Crippen LogP contribution in [0, 0.1) is 0 Å². The Balaban J connectivity index is 1.91. The highest BCUT2D eigenvalue weighted by atomic mass is 79.9. The van der Waals surface area contributed by atoms with Crippen LogP contribution in [0.25, 0.3) is 0 Å². The van der Waals surface area contributed by atoms with Crippen LogP contribution < -0.4 is 0 Å². The third-order valence-electron chi connectivity index (χ3n) is 1.52. The van der Waals surface area contributed by atoms with Gasteiger partial charge in [0.25, 0.3) is 0 Å². The van der Waals surface area contributed by atoms with Gasteiger partial charge in [0.2, 0.25) is 0 Å². The first-order valence-electron chi connectivity index (χ1n) is 3.25. The zero-order valence-electron chi connectivity index (χ0n) is 5.32. The van der Waals surface area contributed by atoms with Crippen molar-refractivity contribution in [2.75, 3.05) is 26.3 Å². The number of hydrogen-bond donors (Lipinski definition) is 0. The maximum atomic E-state index is 11.6. The standard InChI is InChI=1S/C6H11BrFN/c7-6-4-9(5-6)3-1-2-8/h6H,1-5H2. The highest BCUT2D eigenvalue weighted by molar-refractivity contribution is 9.09. The van der Waals surface area contributed by atoms with Crippen molar-refractivity contribution in [2.45, 2.75) is 11.2 Å². The van der Waals surface area contributed by atoms with Gasteiger partial charge in [0, 0.05) is 24.5 Å². The summed E-state index contributed by atoms with van der Waals surface area (Å²) in [5.41, 5.74) is 0. The first kappa shape index (κ1) is 7.48. The molecule has 0 bridgehead atoms. The number of hydrogen-bond acceptors (Lipinski definition) is 1. The second kappa shape index (κ2) is 3.52. The Bertz CT molecular complexity index is 83.1. The van der Waals surface area contributed by atoms with Crippen LogP contribution in [0.4, 0.5) is 4.39 Å². The van der Waals surface area contributed by atoms with Gasteiger partial charge in [-0.15, -0.1) is 0 Å². The average Bonchev–Trinajstić information content (AvgIpc) is 1.78. The summed E-state index contributed by atoms with van der Waals surface area (Å²) >= 11 is 3.46. The van der Waals surface area contributed by atoms with Gasteiger partial charge < -0.3 is 4.90 Å². The number of likely N-dealkylation sites (tertiary alicyclic amines) is 1. The summed E-state index contributed by atoms with van der Waals surface area (Å²) in [7, 11) is 0. The maximum Gasteiger partial charge on any atom is 0.0906 e. The minimum Gasteiger partial charge on any atom is -0.301 e. The van der Waals surface area contributed by atoms with Gasteiger partial charge in [-0.1, -0.05) is 15.9 Å². The van der Waals surface area contributed by atoms with Crippen LogP contribution in [0.3, 0.4) is 0 Å². The Morgan fingerprint density at radius 3 is 2.67 bits per heavy atom. The van der Waals surface area contributed by atoms with Crippen molar-refractivity contribution in [3.63, 3.8) is 0 Å². The molecule has 0 aromatic rings. The molecule has 0 aliphatic carbocycles. The lowest BCUT2D eigenvalue weighted by molar-refractivity contribution is 0.185. The minimum absolute atomic E-state index is 0.177. The lowest BCUT2D eigenvalue weighted by Gasteiger charge is -2.35. The van der Waals surface area contributed by atoms with Crippen LogP contribution >= 0.6 is 15.9 Å². The molecule has 1 nitrogen and oxygen atoms in total. The van der Waals surface area contributed by atoms with E-state index < -0.39 is 0 Å². The summed E-state index contributed by atoms with van der Waals surface area (Å²) in [4.78, 5) is 2.91. The third-order valence-corrected chi connectivity index (χ3v) is 2.10. The quantitative estimate of drug-likeness (QED) is 0.617. The normalized spacial score (nSPS) is 22.0. The van der Waals surface area contributed by atoms with Gasteiger partial charge in [0.1, 0.15) is 0 Å². The molecular weight excluding hydrogens is 185 g/mol. The second-order valence-corrected chi connectivity index (χ2v) is 3.69. The molecule has 0 aromatic heterocycles. The summed E-state index contributed by atoms with van der Waals surface area (Å²) in [6.07, 6.45) is 0.694. The lowest BCUT2D eigenvalue weighted by atomic mass is 10.2. The molecule has 0 radical (unpaired) electrons. The molecule has 1 heterocycles. The highest BCUT2D eigenvalue weighted by Gasteiger charge is 2.22. The van der Waals surface area contributed by atoms with Crippen molar-refractivity contribution in [1.29, 1.82) is 0 Å². The van der Waals surface area contributed by atoms with Gasteiger partial charge in [0.15, 0.2) is 0 Å². The Kier molecular flexibility index (Phi) is 2.92. The minimum atomic E-state index is -0.177. The van der Waals surface area contributed by atoms with E-state index in [1.165, 1.54) is 0 Å². The van der Waals surface area contributed by atoms with E-state index in [4.69, 9.17) is 0 Å². The van der Waals surface area contributed by atoms with Gasteiger partial charge >= 0.3 is 0 Å². The summed E-state index contributed by atoms with van der Waals surface area (Å²) in [6, 6.07) is 0. The molecule has 0 N–H and O–H groups in total. The molecular formula is C6H11BrFN. The van der Waals surface area contributed by atoms with Crippen LogP contribution in [-0.2, 0) is 0 Å². The fraction of sp³-hybridized carbons (Fsp3) is 1.00. The van der Waals surface area contributed by atoms with E-state index in [2.05, 4.69) is 20.8 Å². The molecule has 0 spiro atoms. The van der Waals surface area contributed by atoms with Crippen LogP contribution in [0.5, 0.6) is 0 Å². The zero-order chi connectivity index (χ0) is 6.69. The smallest absolute Gasteiger partial charge is 0.0906 e. The fourth-order valence-corrected chi connectivity index (χ4v) is 1.79. The van der Waals surface area contributed by atoms with E-state index in [-0.39, 0.29) is 6.67 Å². The Hall–Kier alpha value is 0.370. The molecule has 3 heteroatoms. The second-order valence-electron chi connectivity index (χ2n) is 2.40. The zero-order valence-corrected chi connectivity index (χ0v) is 6.90. The number of rotatable bonds is 3. The van der Waals surface area contributed by atoms with Crippen LogP contribution in [0.15, 0.2) is 0 Å². The van der Waals surface area contributed by atoms with Crippen molar-refractivity contribution < 1.29 is 4.39 Å². The van der Waals surface area contributed by atoms with E-state index in [0.717, 1.165) is 19.6 Å². The molecule has 1 saturated heterocycles. The van der Waals surface area contributed by atoms with Gasteiger partial charge in [-0.2, -0.15) is 0 Å². The van der Waals surface area contributed by atoms with Gasteiger partial charge in [-0.25, -0.2) is 0 Å². The van der Waals surface area contributed by atoms with Gasteiger partial charge in [-0.05, 0) is 6.42 Å². The average molecular weight is 196 g/mol. The Morgan fingerprint density at radius 2 is 2.22 bits per heavy atom. The van der Waals surface area contributed by atoms with Crippen molar-refractivity contribution in [3.05, 3.63) is 0 Å². The largest absolute Gasteiger partial charge is 0.301 e. The summed E-state index contributed by atoms with van der Waals surface area (Å²) in [5.74, 6) is 0. The number of alkyl halides is 2. The van der Waals surface area contributed by atoms with E-state index >= 15 is 0 Å². The van der Waals surface area contributed by atoms with E-state index in [1.807, 2.05) is 0 Å². The van der Waals surface area contributed by atoms with E-state index in [9.17, 15) is 4.39 Å². The topological polar surface area (TPSA) is 3.24 Å². The third kappa shape index (κ3) is 2.22. The lowest BCUT2D eigenvalue weighted by Crippen LogP contribution is -2.47. The van der Waals surface area contributed by atoms with Crippen molar-refractivity contribution in [3.8, 4) is 0 Å². The molecule has 1 aliphatic heterocycles. The Morgan fingerprint density at radius 1 is 1.56 bits per heavy atom. The maximum absolute atomic E-state index is 11.6. The molecule has 1 fully saturated rings. The van der Waals surface area contributed by atoms with Gasteiger partial charge in [0.05, 0.1) is 6.67 Å². The van der Waals surface area contributed by atoms with Crippen molar-refractivity contribution >= 4 is 15.9 Å². The molecule has 54 valence electrons. The molecule has 0 saturated carbocycles. The van der Waals surface area contributed by atoms with E-state index in [1.54, 1.807) is 0 Å². The molecule has 0 unspecified atom stereocenters.